The Bertz CT molecular complexity index is 1050. The lowest BCUT2D eigenvalue weighted by molar-refractivity contribution is -0.132. The summed E-state index contributed by atoms with van der Waals surface area (Å²) < 4.78 is 26.2. The van der Waals surface area contributed by atoms with E-state index in [9.17, 15) is 14.0 Å². The summed E-state index contributed by atoms with van der Waals surface area (Å²) in [5.41, 5.74) is 3.94. The average Bonchev–Trinajstić information content (AvgIpc) is 3.17. The molecule has 8 heteroatoms. The maximum absolute atomic E-state index is 14.3. The van der Waals surface area contributed by atoms with Gasteiger partial charge >= 0.3 is 0 Å². The van der Waals surface area contributed by atoms with Crippen LogP contribution < -0.4 is 15.4 Å². The number of carbonyl (C=O) groups is 2. The lowest BCUT2D eigenvalue weighted by Gasteiger charge is -2.24. The molecule has 0 aromatic heterocycles. The van der Waals surface area contributed by atoms with E-state index in [1.54, 1.807) is 0 Å². The summed E-state index contributed by atoms with van der Waals surface area (Å²) in [6.45, 7) is 3.80. The highest BCUT2D eigenvalue weighted by Gasteiger charge is 2.34. The zero-order valence-corrected chi connectivity index (χ0v) is 19.1. The van der Waals surface area contributed by atoms with E-state index < -0.39 is 6.04 Å². The van der Waals surface area contributed by atoms with Crippen molar-refractivity contribution in [2.75, 3.05) is 19.7 Å². The van der Waals surface area contributed by atoms with Gasteiger partial charge in [-0.1, -0.05) is 24.3 Å². The third-order valence-electron chi connectivity index (χ3n) is 6.77. The lowest BCUT2D eigenvalue weighted by Crippen LogP contribution is -2.44. The van der Waals surface area contributed by atoms with E-state index in [1.165, 1.54) is 17.7 Å². The molecule has 0 aliphatic carbocycles. The van der Waals surface area contributed by atoms with Crippen molar-refractivity contribution in [3.05, 3.63) is 64.5 Å². The third-order valence-corrected chi connectivity index (χ3v) is 6.77. The highest BCUT2D eigenvalue weighted by molar-refractivity contribution is 5.98. The molecule has 0 bridgehead atoms. The molecule has 5 rings (SSSR count). The van der Waals surface area contributed by atoms with Crippen molar-refractivity contribution >= 4 is 11.8 Å². The standard InChI is InChI=1S/C26H30FN3O4/c27-20-11-19-14-30(23-2-1-3-25(31)29-26(23)32)15-22(19)24(12-20)34-16-18-6-4-17(5-7-18)10-21-13-28-8-9-33-21/h4-7,11-12,21,23,28H,1-3,8-10,13-16H2,(H,29,31,32). The lowest BCUT2D eigenvalue weighted by atomic mass is 10.1. The Labute approximate surface area is 198 Å². The van der Waals surface area contributed by atoms with Gasteiger partial charge < -0.3 is 14.8 Å². The molecule has 2 fully saturated rings. The van der Waals surface area contributed by atoms with E-state index in [2.05, 4.69) is 22.8 Å². The minimum atomic E-state index is -0.398. The molecule has 2 saturated heterocycles. The first-order valence-electron chi connectivity index (χ1n) is 12.0. The second kappa shape index (κ2) is 10.2. The van der Waals surface area contributed by atoms with Crippen LogP contribution in [-0.4, -0.2) is 48.6 Å². The molecule has 3 aliphatic heterocycles. The smallest absolute Gasteiger partial charge is 0.243 e. The number of nitrogens with zero attached hydrogens (tertiary/aromatic N) is 1. The van der Waals surface area contributed by atoms with Crippen molar-refractivity contribution in [1.82, 2.24) is 15.5 Å². The van der Waals surface area contributed by atoms with Crippen LogP contribution >= 0.6 is 0 Å². The quantitative estimate of drug-likeness (QED) is 0.636. The molecule has 0 radical (unpaired) electrons. The van der Waals surface area contributed by atoms with Crippen LogP contribution in [0.15, 0.2) is 36.4 Å². The van der Waals surface area contributed by atoms with Gasteiger partial charge in [0.05, 0.1) is 18.8 Å². The minimum Gasteiger partial charge on any atom is -0.488 e. The fraction of sp³-hybridized carbons (Fsp3) is 0.462. The number of benzene rings is 2. The van der Waals surface area contributed by atoms with Crippen molar-refractivity contribution in [3.63, 3.8) is 0 Å². The highest BCUT2D eigenvalue weighted by atomic mass is 19.1. The SMILES string of the molecule is O=C1CCCC(N2Cc3cc(F)cc(OCc4ccc(CC5CNCCO5)cc4)c3C2)C(=O)N1. The highest BCUT2D eigenvalue weighted by Crippen LogP contribution is 2.35. The Kier molecular flexibility index (Phi) is 6.89. The number of halogens is 1. The summed E-state index contributed by atoms with van der Waals surface area (Å²) in [6.07, 6.45) is 2.68. The first kappa shape index (κ1) is 23.0. The van der Waals surface area contributed by atoms with Gasteiger partial charge in [-0.2, -0.15) is 0 Å². The van der Waals surface area contributed by atoms with Crippen molar-refractivity contribution in [2.45, 2.75) is 57.5 Å². The van der Waals surface area contributed by atoms with E-state index in [-0.39, 0.29) is 23.7 Å². The first-order valence-corrected chi connectivity index (χ1v) is 12.0. The van der Waals surface area contributed by atoms with E-state index in [0.717, 1.165) is 42.8 Å². The molecule has 7 nitrogen and oxygen atoms in total. The van der Waals surface area contributed by atoms with Gasteiger partial charge in [0.1, 0.15) is 18.2 Å². The van der Waals surface area contributed by atoms with Gasteiger partial charge in [-0.25, -0.2) is 4.39 Å². The molecule has 2 atom stereocenters. The molecule has 34 heavy (non-hydrogen) atoms. The largest absolute Gasteiger partial charge is 0.488 e. The van der Waals surface area contributed by atoms with Crippen molar-refractivity contribution in [1.29, 1.82) is 0 Å². The summed E-state index contributed by atoms with van der Waals surface area (Å²) in [6, 6.07) is 10.8. The molecule has 3 aliphatic rings. The van der Waals surface area contributed by atoms with Crippen molar-refractivity contribution < 1.29 is 23.5 Å². The van der Waals surface area contributed by atoms with Crippen LogP contribution in [0, 0.1) is 5.82 Å². The number of imide groups is 1. The Morgan fingerprint density at radius 2 is 1.94 bits per heavy atom. The van der Waals surface area contributed by atoms with Gasteiger partial charge in [-0.3, -0.25) is 19.8 Å². The second-order valence-corrected chi connectivity index (χ2v) is 9.27. The molecular formula is C26H30FN3O4. The summed E-state index contributed by atoms with van der Waals surface area (Å²) in [5.74, 6) is -0.345. The Morgan fingerprint density at radius 3 is 2.74 bits per heavy atom. The molecule has 0 saturated carbocycles. The fourth-order valence-corrected chi connectivity index (χ4v) is 4.98. The minimum absolute atomic E-state index is 0.197. The van der Waals surface area contributed by atoms with Gasteiger partial charge in [0, 0.05) is 44.2 Å². The molecule has 3 heterocycles. The number of hydrogen-bond acceptors (Lipinski definition) is 6. The molecule has 0 spiro atoms. The Morgan fingerprint density at radius 1 is 1.12 bits per heavy atom. The van der Waals surface area contributed by atoms with Crippen LogP contribution in [0.3, 0.4) is 0 Å². The van der Waals surface area contributed by atoms with E-state index in [1.807, 2.05) is 17.0 Å². The molecule has 2 unspecified atom stereocenters. The Balaban J connectivity index is 1.23. The van der Waals surface area contributed by atoms with Gasteiger partial charge in [0.2, 0.25) is 11.8 Å². The molecule has 2 aromatic carbocycles. The second-order valence-electron chi connectivity index (χ2n) is 9.27. The average molecular weight is 468 g/mol. The van der Waals surface area contributed by atoms with Crippen LogP contribution in [0.25, 0.3) is 0 Å². The van der Waals surface area contributed by atoms with Gasteiger partial charge in [-0.15, -0.1) is 0 Å². The van der Waals surface area contributed by atoms with E-state index in [4.69, 9.17) is 9.47 Å². The number of morpholine rings is 1. The number of rotatable bonds is 6. The van der Waals surface area contributed by atoms with E-state index in [0.29, 0.717) is 44.7 Å². The maximum atomic E-state index is 14.3. The summed E-state index contributed by atoms with van der Waals surface area (Å²) >= 11 is 0. The first-order chi connectivity index (χ1) is 16.5. The summed E-state index contributed by atoms with van der Waals surface area (Å²) in [5, 5.41) is 5.81. The molecule has 2 amide bonds. The zero-order chi connectivity index (χ0) is 23.5. The zero-order valence-electron chi connectivity index (χ0n) is 19.1. The normalized spacial score (nSPS) is 23.3. The van der Waals surface area contributed by atoms with Gasteiger partial charge in [0.15, 0.2) is 0 Å². The Hall–Kier alpha value is -2.81. The number of amides is 2. The molecule has 2 aromatic rings. The van der Waals surface area contributed by atoms with Gasteiger partial charge in [-0.05, 0) is 42.0 Å². The number of carbonyl (C=O) groups excluding carboxylic acids is 2. The number of hydrogen-bond donors (Lipinski definition) is 2. The van der Waals surface area contributed by atoms with Crippen LogP contribution in [0.4, 0.5) is 4.39 Å². The molecule has 180 valence electrons. The summed E-state index contributed by atoms with van der Waals surface area (Å²) in [7, 11) is 0. The van der Waals surface area contributed by atoms with Crippen LogP contribution in [0.5, 0.6) is 5.75 Å². The van der Waals surface area contributed by atoms with Crippen LogP contribution in [0.2, 0.25) is 0 Å². The number of fused-ring (bicyclic) bond motifs is 1. The topological polar surface area (TPSA) is 79.9 Å². The third kappa shape index (κ3) is 5.29. The van der Waals surface area contributed by atoms with Gasteiger partial charge in [0.25, 0.3) is 0 Å². The fourth-order valence-electron chi connectivity index (χ4n) is 4.98. The van der Waals surface area contributed by atoms with Crippen LogP contribution in [0.1, 0.15) is 41.5 Å². The van der Waals surface area contributed by atoms with Crippen LogP contribution in [-0.2, 0) is 40.4 Å². The monoisotopic (exact) mass is 467 g/mol. The number of nitrogens with one attached hydrogen (secondary N) is 2. The predicted molar refractivity (Wildman–Crippen MR) is 124 cm³/mol. The van der Waals surface area contributed by atoms with Crippen molar-refractivity contribution in [2.24, 2.45) is 0 Å². The predicted octanol–water partition coefficient (Wildman–Crippen LogP) is 2.45. The molecular weight excluding hydrogens is 437 g/mol. The maximum Gasteiger partial charge on any atom is 0.243 e. The number of ether oxygens (including phenoxy) is 2. The van der Waals surface area contributed by atoms with Crippen molar-refractivity contribution in [3.8, 4) is 5.75 Å². The van der Waals surface area contributed by atoms with E-state index >= 15 is 0 Å². The summed E-state index contributed by atoms with van der Waals surface area (Å²) in [4.78, 5) is 26.2. The molecule has 2 N–H and O–H groups in total.